The van der Waals surface area contributed by atoms with Crippen LogP contribution in [-0.2, 0) is 0 Å². The fourth-order valence-electron chi connectivity index (χ4n) is 1.91. The maximum absolute atomic E-state index is 9.32. The van der Waals surface area contributed by atoms with Gasteiger partial charge in [-0.15, -0.1) is 0 Å². The highest BCUT2D eigenvalue weighted by molar-refractivity contribution is 9.11. The van der Waals surface area contributed by atoms with Crippen molar-refractivity contribution in [3.63, 3.8) is 0 Å². The van der Waals surface area contributed by atoms with E-state index in [1.165, 1.54) is 0 Å². The standard InChI is InChI=1S/C12H10B2Br2O4/c15-11-7(3-1-5-9(11)13(17)18)8-4-2-6-10(12(8)16)14(19)20/h1-6,17-20H. The van der Waals surface area contributed by atoms with Crippen molar-refractivity contribution in [2.24, 2.45) is 0 Å². The van der Waals surface area contributed by atoms with Gasteiger partial charge >= 0.3 is 14.2 Å². The monoisotopic (exact) mass is 398 g/mol. The molecule has 20 heavy (non-hydrogen) atoms. The minimum absolute atomic E-state index is 0.337. The number of rotatable bonds is 3. The maximum Gasteiger partial charge on any atom is 0.489 e. The Hall–Kier alpha value is -0.630. The van der Waals surface area contributed by atoms with E-state index in [4.69, 9.17) is 0 Å². The minimum Gasteiger partial charge on any atom is -0.423 e. The average Bonchev–Trinajstić information content (AvgIpc) is 2.39. The van der Waals surface area contributed by atoms with Crippen LogP contribution >= 0.6 is 31.9 Å². The summed E-state index contributed by atoms with van der Waals surface area (Å²) in [6.45, 7) is 0. The Balaban J connectivity index is 2.64. The SMILES string of the molecule is OB(O)c1cccc(-c2cccc(B(O)O)c2Br)c1Br. The topological polar surface area (TPSA) is 80.9 Å². The summed E-state index contributed by atoms with van der Waals surface area (Å²) in [7, 11) is -3.18. The van der Waals surface area contributed by atoms with E-state index in [0.29, 0.717) is 31.0 Å². The van der Waals surface area contributed by atoms with E-state index in [0.717, 1.165) is 0 Å². The summed E-state index contributed by atoms with van der Waals surface area (Å²) in [6.07, 6.45) is 0. The Morgan fingerprint density at radius 3 is 1.30 bits per heavy atom. The molecule has 0 aromatic heterocycles. The molecule has 0 saturated heterocycles. The molecule has 0 fully saturated rings. The van der Waals surface area contributed by atoms with E-state index in [9.17, 15) is 20.1 Å². The van der Waals surface area contributed by atoms with Gasteiger partial charge in [-0.25, -0.2) is 0 Å². The first-order valence-electron chi connectivity index (χ1n) is 5.73. The van der Waals surface area contributed by atoms with E-state index in [-0.39, 0.29) is 0 Å². The largest absolute Gasteiger partial charge is 0.489 e. The van der Waals surface area contributed by atoms with Crippen LogP contribution in [0.2, 0.25) is 0 Å². The van der Waals surface area contributed by atoms with Gasteiger partial charge in [0.25, 0.3) is 0 Å². The van der Waals surface area contributed by atoms with Gasteiger partial charge in [0, 0.05) is 8.95 Å². The molecule has 0 saturated carbocycles. The predicted octanol–water partition coefficient (Wildman–Crippen LogP) is 0.238. The summed E-state index contributed by atoms with van der Waals surface area (Å²) in [5.41, 5.74) is 2.10. The number of hydrogen-bond acceptors (Lipinski definition) is 4. The van der Waals surface area contributed by atoms with Crippen LogP contribution in [0.1, 0.15) is 0 Å². The van der Waals surface area contributed by atoms with Crippen LogP contribution in [0.15, 0.2) is 45.3 Å². The van der Waals surface area contributed by atoms with Gasteiger partial charge in [0.2, 0.25) is 0 Å². The fraction of sp³-hybridized carbons (Fsp3) is 0. The highest BCUT2D eigenvalue weighted by Crippen LogP contribution is 2.31. The Morgan fingerprint density at radius 2 is 1.00 bits per heavy atom. The molecular weight excluding hydrogens is 390 g/mol. The second kappa shape index (κ2) is 6.43. The summed E-state index contributed by atoms with van der Waals surface area (Å²) in [5.74, 6) is 0. The Kier molecular flexibility index (Phi) is 5.06. The lowest BCUT2D eigenvalue weighted by Gasteiger charge is -2.13. The van der Waals surface area contributed by atoms with Crippen molar-refractivity contribution in [2.45, 2.75) is 0 Å². The van der Waals surface area contributed by atoms with Gasteiger partial charge in [-0.1, -0.05) is 68.3 Å². The van der Waals surface area contributed by atoms with Crippen molar-refractivity contribution in [1.29, 1.82) is 0 Å². The zero-order chi connectivity index (χ0) is 14.9. The Bertz CT molecular complexity index is 579. The van der Waals surface area contributed by atoms with Crippen LogP contribution in [0.5, 0.6) is 0 Å². The predicted molar refractivity (Wildman–Crippen MR) is 86.9 cm³/mol. The highest BCUT2D eigenvalue weighted by Gasteiger charge is 2.21. The zero-order valence-corrected chi connectivity index (χ0v) is 13.3. The molecule has 8 heteroatoms. The van der Waals surface area contributed by atoms with Crippen LogP contribution in [-0.4, -0.2) is 34.3 Å². The third kappa shape index (κ3) is 3.00. The quantitative estimate of drug-likeness (QED) is 0.558. The molecular formula is C12H10B2Br2O4. The Morgan fingerprint density at radius 1 is 0.650 bits per heavy atom. The molecule has 0 atom stereocenters. The first-order valence-corrected chi connectivity index (χ1v) is 7.31. The van der Waals surface area contributed by atoms with E-state index in [1.54, 1.807) is 36.4 Å². The van der Waals surface area contributed by atoms with Crippen molar-refractivity contribution < 1.29 is 20.1 Å². The van der Waals surface area contributed by atoms with Crippen molar-refractivity contribution in [1.82, 2.24) is 0 Å². The lowest BCUT2D eigenvalue weighted by atomic mass is 9.77. The molecule has 0 heterocycles. The third-order valence-corrected chi connectivity index (χ3v) is 4.67. The molecule has 0 bridgehead atoms. The molecule has 2 rings (SSSR count). The van der Waals surface area contributed by atoms with Crippen molar-refractivity contribution in [2.75, 3.05) is 0 Å². The van der Waals surface area contributed by atoms with Gasteiger partial charge in [0.05, 0.1) is 0 Å². The molecule has 102 valence electrons. The van der Waals surface area contributed by atoms with Gasteiger partial charge in [-0.2, -0.15) is 0 Å². The number of halogens is 2. The molecule has 0 aliphatic carbocycles. The van der Waals surface area contributed by atoms with Crippen molar-refractivity contribution in [3.05, 3.63) is 45.3 Å². The second-order valence-corrected chi connectivity index (χ2v) is 5.75. The molecule has 0 unspecified atom stereocenters. The summed E-state index contributed by atoms with van der Waals surface area (Å²) in [4.78, 5) is 0. The molecule has 2 aromatic carbocycles. The maximum atomic E-state index is 9.32. The Labute approximate surface area is 133 Å². The summed E-state index contributed by atoms with van der Waals surface area (Å²) in [5, 5.41) is 37.3. The summed E-state index contributed by atoms with van der Waals surface area (Å²) < 4.78 is 1.08. The average molecular weight is 400 g/mol. The van der Waals surface area contributed by atoms with E-state index in [2.05, 4.69) is 31.9 Å². The zero-order valence-electron chi connectivity index (χ0n) is 10.2. The molecule has 4 nitrogen and oxygen atoms in total. The molecule has 2 aromatic rings. The normalized spacial score (nSPS) is 10.5. The van der Waals surface area contributed by atoms with Gasteiger partial charge in [0.1, 0.15) is 0 Å². The first-order chi connectivity index (χ1) is 9.43. The number of hydrogen-bond donors (Lipinski definition) is 4. The van der Waals surface area contributed by atoms with Gasteiger partial charge in [-0.05, 0) is 22.1 Å². The van der Waals surface area contributed by atoms with Crippen molar-refractivity contribution in [3.8, 4) is 11.1 Å². The van der Waals surface area contributed by atoms with Crippen LogP contribution in [0.25, 0.3) is 11.1 Å². The molecule has 0 aliphatic rings. The summed E-state index contributed by atoms with van der Waals surface area (Å²) in [6, 6.07) is 10.2. The second-order valence-electron chi connectivity index (χ2n) is 4.16. The molecule has 0 radical (unpaired) electrons. The van der Waals surface area contributed by atoms with Crippen molar-refractivity contribution >= 4 is 57.0 Å². The first kappa shape index (κ1) is 15.8. The molecule has 0 aliphatic heterocycles. The minimum atomic E-state index is -1.59. The van der Waals surface area contributed by atoms with E-state index in [1.807, 2.05) is 0 Å². The fourth-order valence-corrected chi connectivity index (χ4v) is 3.28. The van der Waals surface area contributed by atoms with Gasteiger partial charge in [0.15, 0.2) is 0 Å². The van der Waals surface area contributed by atoms with Crippen LogP contribution in [0.4, 0.5) is 0 Å². The molecule has 0 spiro atoms. The third-order valence-electron chi connectivity index (χ3n) is 2.90. The van der Waals surface area contributed by atoms with Crippen LogP contribution in [0.3, 0.4) is 0 Å². The van der Waals surface area contributed by atoms with E-state index >= 15 is 0 Å². The number of benzene rings is 2. The molecule has 4 N–H and O–H groups in total. The van der Waals surface area contributed by atoms with Crippen LogP contribution < -0.4 is 10.9 Å². The van der Waals surface area contributed by atoms with Crippen LogP contribution in [0, 0.1) is 0 Å². The van der Waals surface area contributed by atoms with E-state index < -0.39 is 14.2 Å². The van der Waals surface area contributed by atoms with Gasteiger partial charge < -0.3 is 20.1 Å². The highest BCUT2D eigenvalue weighted by atomic mass is 79.9. The molecule has 0 amide bonds. The summed E-state index contributed by atoms with van der Waals surface area (Å²) >= 11 is 6.70. The lowest BCUT2D eigenvalue weighted by Crippen LogP contribution is -2.32. The smallest absolute Gasteiger partial charge is 0.423 e. The lowest BCUT2D eigenvalue weighted by molar-refractivity contribution is 0.424. The van der Waals surface area contributed by atoms with Gasteiger partial charge in [-0.3, -0.25) is 0 Å².